The zero-order chi connectivity index (χ0) is 23.7. The molecule has 0 aliphatic rings. The molecule has 0 aliphatic carbocycles. The maximum atomic E-state index is 14.0. The van der Waals surface area contributed by atoms with Crippen molar-refractivity contribution in [3.05, 3.63) is 100 Å². The summed E-state index contributed by atoms with van der Waals surface area (Å²) < 4.78 is 42.0. The van der Waals surface area contributed by atoms with Crippen LogP contribution in [0, 0.1) is 17.5 Å². The molecular formula is C24H19F3N4O2. The summed E-state index contributed by atoms with van der Waals surface area (Å²) in [6, 6.07) is 13.4. The van der Waals surface area contributed by atoms with E-state index in [1.54, 1.807) is 31.2 Å². The quantitative estimate of drug-likeness (QED) is 0.472. The molecule has 1 N–H and O–H groups in total. The molecule has 168 valence electrons. The normalized spacial score (nSPS) is 11.9. The molecule has 4 aromatic rings. The third kappa shape index (κ3) is 4.30. The van der Waals surface area contributed by atoms with E-state index in [4.69, 9.17) is 0 Å². The number of hydrogen-bond donors (Lipinski definition) is 1. The summed E-state index contributed by atoms with van der Waals surface area (Å²) in [6.45, 7) is 1.65. The Labute approximate surface area is 186 Å². The highest BCUT2D eigenvalue weighted by Gasteiger charge is 2.25. The first-order valence-electron chi connectivity index (χ1n) is 10.0. The zero-order valence-corrected chi connectivity index (χ0v) is 17.7. The molecule has 4 rings (SSSR count). The molecule has 1 heterocycles. The van der Waals surface area contributed by atoms with Crippen LogP contribution in [-0.4, -0.2) is 27.5 Å². The number of benzene rings is 3. The van der Waals surface area contributed by atoms with Crippen LogP contribution < -0.4 is 10.9 Å². The van der Waals surface area contributed by atoms with Crippen molar-refractivity contribution in [2.24, 2.45) is 0 Å². The van der Waals surface area contributed by atoms with Gasteiger partial charge in [-0.3, -0.25) is 9.36 Å². The summed E-state index contributed by atoms with van der Waals surface area (Å²) in [6.07, 6.45) is 0. The summed E-state index contributed by atoms with van der Waals surface area (Å²) in [7, 11) is 1.46. The van der Waals surface area contributed by atoms with Gasteiger partial charge in [-0.1, -0.05) is 12.1 Å². The SMILES string of the molecule is CC(c1nc2ccccc2c(=O)n1-c1ccc(F)cc1)N(C)C(=O)Nc1ccc(F)cc1F. The lowest BCUT2D eigenvalue weighted by atomic mass is 10.2. The molecule has 0 bridgehead atoms. The van der Waals surface area contributed by atoms with Crippen LogP contribution in [0.1, 0.15) is 18.8 Å². The Morgan fingerprint density at radius 3 is 2.36 bits per heavy atom. The molecule has 0 radical (unpaired) electrons. The van der Waals surface area contributed by atoms with Crippen LogP contribution in [0.25, 0.3) is 16.6 Å². The second-order valence-electron chi connectivity index (χ2n) is 7.45. The van der Waals surface area contributed by atoms with Gasteiger partial charge in [-0.05, 0) is 55.5 Å². The van der Waals surface area contributed by atoms with E-state index in [0.717, 1.165) is 12.1 Å². The monoisotopic (exact) mass is 452 g/mol. The number of nitrogens with zero attached hydrogens (tertiary/aromatic N) is 3. The molecule has 0 saturated heterocycles. The Bertz CT molecular complexity index is 1400. The zero-order valence-electron chi connectivity index (χ0n) is 17.7. The third-order valence-corrected chi connectivity index (χ3v) is 5.33. The van der Waals surface area contributed by atoms with Gasteiger partial charge in [0.2, 0.25) is 0 Å². The lowest BCUT2D eigenvalue weighted by Crippen LogP contribution is -2.37. The fourth-order valence-corrected chi connectivity index (χ4v) is 3.41. The second-order valence-corrected chi connectivity index (χ2v) is 7.45. The van der Waals surface area contributed by atoms with Crippen molar-refractivity contribution in [1.29, 1.82) is 0 Å². The van der Waals surface area contributed by atoms with Gasteiger partial charge in [-0.25, -0.2) is 22.9 Å². The smallest absolute Gasteiger partial charge is 0.318 e. The van der Waals surface area contributed by atoms with Gasteiger partial charge in [0.25, 0.3) is 5.56 Å². The molecule has 1 unspecified atom stereocenters. The molecule has 33 heavy (non-hydrogen) atoms. The number of aromatic nitrogens is 2. The largest absolute Gasteiger partial charge is 0.322 e. The van der Waals surface area contributed by atoms with E-state index in [0.29, 0.717) is 22.7 Å². The summed E-state index contributed by atoms with van der Waals surface area (Å²) in [5.41, 5.74) is 0.233. The van der Waals surface area contributed by atoms with Gasteiger partial charge in [-0.2, -0.15) is 0 Å². The van der Waals surface area contributed by atoms with Crippen LogP contribution >= 0.6 is 0 Å². The first kappa shape index (κ1) is 22.1. The fraction of sp³-hybridized carbons (Fsp3) is 0.125. The molecule has 1 atom stereocenters. The van der Waals surface area contributed by atoms with Gasteiger partial charge in [0, 0.05) is 13.1 Å². The molecule has 0 aliphatic heterocycles. The third-order valence-electron chi connectivity index (χ3n) is 5.33. The predicted molar refractivity (Wildman–Crippen MR) is 119 cm³/mol. The fourth-order valence-electron chi connectivity index (χ4n) is 3.41. The number of anilines is 1. The molecule has 0 spiro atoms. The van der Waals surface area contributed by atoms with Gasteiger partial charge in [-0.15, -0.1) is 0 Å². The highest BCUT2D eigenvalue weighted by atomic mass is 19.1. The van der Waals surface area contributed by atoms with Crippen LogP contribution in [0.3, 0.4) is 0 Å². The standard InChI is InChI=1S/C24H19F3N4O2/c1-14(30(2)24(33)29-21-12-9-16(26)13-19(21)27)22-28-20-6-4-3-5-18(20)23(32)31(22)17-10-7-15(25)8-11-17/h3-14H,1-2H3,(H,29,33). The van der Waals surface area contributed by atoms with E-state index < -0.39 is 29.5 Å². The van der Waals surface area contributed by atoms with E-state index in [9.17, 15) is 22.8 Å². The molecule has 9 heteroatoms. The summed E-state index contributed by atoms with van der Waals surface area (Å²) >= 11 is 0. The molecule has 2 amide bonds. The number of fused-ring (bicyclic) bond motifs is 1. The highest BCUT2D eigenvalue weighted by Crippen LogP contribution is 2.23. The van der Waals surface area contributed by atoms with Crippen molar-refractivity contribution in [2.45, 2.75) is 13.0 Å². The minimum atomic E-state index is -0.920. The first-order valence-corrected chi connectivity index (χ1v) is 10.0. The number of halogens is 3. The summed E-state index contributed by atoms with van der Waals surface area (Å²) in [5, 5.41) is 2.75. The summed E-state index contributed by atoms with van der Waals surface area (Å²) in [4.78, 5) is 32.0. The van der Waals surface area contributed by atoms with Gasteiger partial charge in [0.05, 0.1) is 28.3 Å². The lowest BCUT2D eigenvalue weighted by molar-refractivity contribution is 0.205. The molecular weight excluding hydrogens is 433 g/mol. The maximum Gasteiger partial charge on any atom is 0.322 e. The summed E-state index contributed by atoms with van der Waals surface area (Å²) in [5.74, 6) is -1.93. The van der Waals surface area contributed by atoms with Gasteiger partial charge in [0.1, 0.15) is 23.3 Å². The first-order chi connectivity index (χ1) is 15.8. The van der Waals surface area contributed by atoms with Gasteiger partial charge < -0.3 is 10.2 Å². The van der Waals surface area contributed by atoms with Crippen LogP contribution in [0.4, 0.5) is 23.7 Å². The molecule has 3 aromatic carbocycles. The number of para-hydroxylation sites is 1. The van der Waals surface area contributed by atoms with E-state index in [1.165, 1.54) is 40.8 Å². The second kappa shape index (κ2) is 8.78. The van der Waals surface area contributed by atoms with E-state index in [1.807, 2.05) is 0 Å². The number of rotatable bonds is 4. The number of carbonyl (C=O) groups is 1. The maximum absolute atomic E-state index is 14.0. The molecule has 6 nitrogen and oxygen atoms in total. The van der Waals surface area contributed by atoms with Crippen molar-refractivity contribution in [3.63, 3.8) is 0 Å². The average Bonchev–Trinajstić information content (AvgIpc) is 2.80. The van der Waals surface area contributed by atoms with Gasteiger partial charge in [0.15, 0.2) is 0 Å². The number of urea groups is 1. The number of nitrogens with one attached hydrogen (secondary N) is 1. The van der Waals surface area contributed by atoms with Crippen LogP contribution in [-0.2, 0) is 0 Å². The average molecular weight is 452 g/mol. The predicted octanol–water partition coefficient (Wildman–Crippen LogP) is 5.03. The Kier molecular flexibility index (Phi) is 5.87. The minimum Gasteiger partial charge on any atom is -0.318 e. The van der Waals surface area contributed by atoms with E-state index in [-0.39, 0.29) is 17.1 Å². The highest BCUT2D eigenvalue weighted by molar-refractivity contribution is 5.89. The Hall–Kier alpha value is -4.14. The Balaban J connectivity index is 1.77. The van der Waals surface area contributed by atoms with E-state index >= 15 is 0 Å². The molecule has 0 fully saturated rings. The van der Waals surface area contributed by atoms with Crippen molar-refractivity contribution in [3.8, 4) is 5.69 Å². The Morgan fingerprint density at radius 2 is 1.67 bits per heavy atom. The van der Waals surface area contributed by atoms with Crippen molar-refractivity contribution in [2.75, 3.05) is 12.4 Å². The number of hydrogen-bond acceptors (Lipinski definition) is 3. The lowest BCUT2D eigenvalue weighted by Gasteiger charge is -2.27. The topological polar surface area (TPSA) is 67.2 Å². The van der Waals surface area contributed by atoms with E-state index in [2.05, 4.69) is 10.3 Å². The van der Waals surface area contributed by atoms with Crippen LogP contribution in [0.15, 0.2) is 71.5 Å². The van der Waals surface area contributed by atoms with Crippen LogP contribution in [0.2, 0.25) is 0 Å². The van der Waals surface area contributed by atoms with Crippen molar-refractivity contribution in [1.82, 2.24) is 14.5 Å². The minimum absolute atomic E-state index is 0.192. The Morgan fingerprint density at radius 1 is 1.00 bits per heavy atom. The van der Waals surface area contributed by atoms with Crippen LogP contribution in [0.5, 0.6) is 0 Å². The van der Waals surface area contributed by atoms with Crippen molar-refractivity contribution >= 4 is 22.6 Å². The molecule has 0 saturated carbocycles. The number of carbonyl (C=O) groups excluding carboxylic acids is 1. The number of amides is 2. The van der Waals surface area contributed by atoms with Crippen molar-refractivity contribution < 1.29 is 18.0 Å². The molecule has 1 aromatic heterocycles. The van der Waals surface area contributed by atoms with Gasteiger partial charge >= 0.3 is 6.03 Å².